The Bertz CT molecular complexity index is 474. The van der Waals surface area contributed by atoms with E-state index in [-0.39, 0.29) is 0 Å². The van der Waals surface area contributed by atoms with Crippen LogP contribution in [-0.4, -0.2) is 52.5 Å². The fourth-order valence-corrected chi connectivity index (χ4v) is 3.60. The molecular weight excluding hydrogens is 375 g/mol. The van der Waals surface area contributed by atoms with Crippen LogP contribution in [0.25, 0.3) is 0 Å². The van der Waals surface area contributed by atoms with E-state index in [0.717, 1.165) is 47.6 Å². The molecule has 3 aliphatic heterocycles. The third-order valence-electron chi connectivity index (χ3n) is 3.96. The summed E-state index contributed by atoms with van der Waals surface area (Å²) in [5.41, 5.74) is 1.11. The average Bonchev–Trinajstić information content (AvgIpc) is 2.45. The molecule has 3 aliphatic rings. The molecule has 0 aliphatic carbocycles. The number of rotatable bonds is 3. The van der Waals surface area contributed by atoms with Gasteiger partial charge in [0.25, 0.3) is 0 Å². The second kappa shape index (κ2) is 5.79. The van der Waals surface area contributed by atoms with Gasteiger partial charge in [0, 0.05) is 32.7 Å². The lowest BCUT2D eigenvalue weighted by molar-refractivity contribution is 0.00854. The molecular formula is C13H18ClIN4. The van der Waals surface area contributed by atoms with E-state index in [9.17, 15) is 0 Å². The minimum Gasteiger partial charge on any atom is -0.299 e. The first-order chi connectivity index (χ1) is 9.19. The first-order valence-corrected chi connectivity index (χ1v) is 8.33. The minimum atomic E-state index is 0.326. The van der Waals surface area contributed by atoms with E-state index in [1.807, 2.05) is 0 Å². The van der Waals surface area contributed by atoms with Gasteiger partial charge in [-0.25, -0.2) is 9.97 Å². The summed E-state index contributed by atoms with van der Waals surface area (Å²) in [6.07, 6.45) is 2.06. The lowest BCUT2D eigenvalue weighted by Crippen LogP contribution is -2.57. The summed E-state index contributed by atoms with van der Waals surface area (Å²) in [7, 11) is 0. The Morgan fingerprint density at radius 1 is 1.26 bits per heavy atom. The van der Waals surface area contributed by atoms with Crippen LogP contribution in [-0.2, 0) is 6.42 Å². The maximum absolute atomic E-state index is 6.29. The first-order valence-electron chi connectivity index (χ1n) is 6.87. The predicted molar refractivity (Wildman–Crippen MR) is 84.5 cm³/mol. The summed E-state index contributed by atoms with van der Waals surface area (Å²) in [5, 5.41) is 0.617. The highest BCUT2D eigenvalue weighted by atomic mass is 127. The fourth-order valence-electron chi connectivity index (χ4n) is 2.90. The smallest absolute Gasteiger partial charge is 0.148 e. The molecule has 0 amide bonds. The predicted octanol–water partition coefficient (Wildman–Crippen LogP) is 2.36. The van der Waals surface area contributed by atoms with Crippen molar-refractivity contribution in [1.82, 2.24) is 19.8 Å². The zero-order valence-corrected chi connectivity index (χ0v) is 14.0. The van der Waals surface area contributed by atoms with Crippen LogP contribution in [0.4, 0.5) is 0 Å². The van der Waals surface area contributed by atoms with Gasteiger partial charge in [-0.15, -0.1) is 0 Å². The Hall–Kier alpha value is 0.0200. The zero-order valence-electron chi connectivity index (χ0n) is 11.1. The monoisotopic (exact) mass is 392 g/mol. The highest BCUT2D eigenvalue weighted by Gasteiger charge is 2.35. The van der Waals surface area contributed by atoms with Crippen LogP contribution in [0.5, 0.6) is 0 Å². The summed E-state index contributed by atoms with van der Waals surface area (Å²) in [5.74, 6) is 0.915. The molecule has 0 radical (unpaired) electrons. The Morgan fingerprint density at radius 2 is 2.00 bits per heavy atom. The fraction of sp³-hybridized carbons (Fsp3) is 0.692. The van der Waals surface area contributed by atoms with Crippen LogP contribution in [0.2, 0.25) is 5.15 Å². The molecule has 1 aromatic heterocycles. The van der Waals surface area contributed by atoms with E-state index >= 15 is 0 Å². The van der Waals surface area contributed by atoms with Crippen LogP contribution in [0, 0.1) is 3.57 Å². The molecule has 104 valence electrons. The van der Waals surface area contributed by atoms with E-state index in [1.54, 1.807) is 0 Å². The third kappa shape index (κ3) is 2.75. The van der Waals surface area contributed by atoms with Crippen LogP contribution in [0.3, 0.4) is 0 Å². The number of aromatic nitrogens is 2. The number of aryl methyl sites for hydroxylation is 1. The summed E-state index contributed by atoms with van der Waals surface area (Å²) in [6, 6.07) is 0.326. The van der Waals surface area contributed by atoms with Gasteiger partial charge in [0.2, 0.25) is 0 Å². The normalized spacial score (nSPS) is 29.7. The van der Waals surface area contributed by atoms with Crippen molar-refractivity contribution in [3.05, 3.63) is 20.2 Å². The molecule has 2 bridgehead atoms. The Labute approximate surface area is 132 Å². The van der Waals surface area contributed by atoms with Gasteiger partial charge in [-0.3, -0.25) is 9.80 Å². The van der Waals surface area contributed by atoms with Gasteiger partial charge in [0.1, 0.15) is 11.0 Å². The molecule has 0 N–H and O–H groups in total. The topological polar surface area (TPSA) is 32.3 Å². The highest BCUT2D eigenvalue weighted by molar-refractivity contribution is 14.1. The van der Waals surface area contributed by atoms with Crippen molar-refractivity contribution in [3.8, 4) is 0 Å². The molecule has 4 nitrogen and oxygen atoms in total. The Morgan fingerprint density at radius 3 is 2.58 bits per heavy atom. The van der Waals surface area contributed by atoms with Gasteiger partial charge < -0.3 is 0 Å². The van der Waals surface area contributed by atoms with Gasteiger partial charge in [-0.1, -0.05) is 24.9 Å². The molecule has 0 aromatic carbocycles. The second-order valence-corrected chi connectivity index (χ2v) is 6.67. The lowest BCUT2D eigenvalue weighted by Gasteiger charge is -2.46. The molecule has 1 atom stereocenters. The molecule has 6 heteroatoms. The molecule has 0 saturated carbocycles. The van der Waals surface area contributed by atoms with Crippen LogP contribution in [0.15, 0.2) is 0 Å². The lowest BCUT2D eigenvalue weighted by atomic mass is 10.1. The van der Waals surface area contributed by atoms with Crippen molar-refractivity contribution in [3.63, 3.8) is 0 Å². The molecule has 4 heterocycles. The van der Waals surface area contributed by atoms with Crippen molar-refractivity contribution >= 4 is 34.2 Å². The minimum absolute atomic E-state index is 0.326. The van der Waals surface area contributed by atoms with Gasteiger partial charge >= 0.3 is 0 Å². The van der Waals surface area contributed by atoms with Crippen LogP contribution in [0.1, 0.15) is 30.9 Å². The van der Waals surface area contributed by atoms with Crippen molar-refractivity contribution in [1.29, 1.82) is 0 Å². The molecule has 1 aromatic rings. The number of fused-ring (bicyclic) bond motifs is 3. The molecule has 19 heavy (non-hydrogen) atoms. The quantitative estimate of drug-likeness (QED) is 0.584. The van der Waals surface area contributed by atoms with Crippen molar-refractivity contribution in [2.24, 2.45) is 0 Å². The largest absolute Gasteiger partial charge is 0.299 e. The van der Waals surface area contributed by atoms with E-state index in [4.69, 9.17) is 16.6 Å². The summed E-state index contributed by atoms with van der Waals surface area (Å²) >= 11 is 8.54. The molecule has 0 spiro atoms. The number of piperazine rings is 3. The molecule has 3 saturated heterocycles. The maximum Gasteiger partial charge on any atom is 0.148 e. The maximum atomic E-state index is 6.29. The SMILES string of the molecule is CCCc1nc(C2CN3CCN2CC3)nc(Cl)c1I. The van der Waals surface area contributed by atoms with Gasteiger partial charge in [-0.2, -0.15) is 0 Å². The third-order valence-corrected chi connectivity index (χ3v) is 5.69. The van der Waals surface area contributed by atoms with Gasteiger partial charge in [0.05, 0.1) is 15.3 Å². The van der Waals surface area contributed by atoms with E-state index < -0.39 is 0 Å². The number of halogens is 2. The Kier molecular flexibility index (Phi) is 4.26. The summed E-state index contributed by atoms with van der Waals surface area (Å²) in [4.78, 5) is 14.3. The van der Waals surface area contributed by atoms with Crippen LogP contribution < -0.4 is 0 Å². The summed E-state index contributed by atoms with van der Waals surface area (Å²) < 4.78 is 1.01. The zero-order chi connectivity index (χ0) is 13.4. The van der Waals surface area contributed by atoms with Crippen molar-refractivity contribution < 1.29 is 0 Å². The molecule has 3 fully saturated rings. The standard InChI is InChI=1S/C13H18ClIN4/c1-2-3-9-11(15)12(14)17-13(16-9)10-8-18-4-6-19(10)7-5-18/h10H,2-8H2,1H3. The number of hydrogen-bond donors (Lipinski definition) is 0. The van der Waals surface area contributed by atoms with Gasteiger partial charge in [0.15, 0.2) is 0 Å². The average molecular weight is 393 g/mol. The van der Waals surface area contributed by atoms with Crippen molar-refractivity contribution in [2.45, 2.75) is 25.8 Å². The number of hydrogen-bond acceptors (Lipinski definition) is 4. The number of nitrogens with zero attached hydrogens (tertiary/aromatic N) is 4. The highest BCUT2D eigenvalue weighted by Crippen LogP contribution is 2.29. The molecule has 1 unspecified atom stereocenters. The summed E-state index contributed by atoms with van der Waals surface area (Å²) in [6.45, 7) is 7.82. The first kappa shape index (κ1) is 14.0. The van der Waals surface area contributed by atoms with Gasteiger partial charge in [-0.05, 0) is 29.0 Å². The van der Waals surface area contributed by atoms with Crippen LogP contribution >= 0.6 is 34.2 Å². The second-order valence-electron chi connectivity index (χ2n) is 5.24. The van der Waals surface area contributed by atoms with Crippen molar-refractivity contribution in [2.75, 3.05) is 32.7 Å². The van der Waals surface area contributed by atoms with E-state index in [1.165, 1.54) is 13.1 Å². The van der Waals surface area contributed by atoms with E-state index in [2.05, 4.69) is 44.3 Å². The molecule has 4 rings (SSSR count). The van der Waals surface area contributed by atoms with E-state index in [0.29, 0.717) is 11.2 Å². The Balaban J connectivity index is 1.92.